The van der Waals surface area contributed by atoms with E-state index >= 15 is 0 Å². The van der Waals surface area contributed by atoms with Crippen molar-refractivity contribution in [1.82, 2.24) is 5.32 Å². The Bertz CT molecular complexity index is 228. The van der Waals surface area contributed by atoms with Crippen molar-refractivity contribution in [2.75, 3.05) is 33.0 Å². The van der Waals surface area contributed by atoms with Gasteiger partial charge in [-0.05, 0) is 26.2 Å². The SMILES string of the molecule is CCOCCCC(=O)NC1(CN)CCOCC1. The second kappa shape index (κ2) is 7.63. The number of carbonyl (C=O) groups is 1. The zero-order valence-electron chi connectivity index (χ0n) is 10.7. The molecule has 1 saturated heterocycles. The van der Waals surface area contributed by atoms with Gasteiger partial charge in [0.1, 0.15) is 0 Å². The maximum absolute atomic E-state index is 11.8. The van der Waals surface area contributed by atoms with Crippen molar-refractivity contribution in [3.05, 3.63) is 0 Å². The molecule has 0 radical (unpaired) electrons. The highest BCUT2D eigenvalue weighted by molar-refractivity contribution is 5.76. The van der Waals surface area contributed by atoms with Crippen LogP contribution in [0.2, 0.25) is 0 Å². The molecule has 0 unspecified atom stereocenters. The van der Waals surface area contributed by atoms with Gasteiger partial charge in [-0.1, -0.05) is 0 Å². The number of rotatable bonds is 7. The molecule has 0 aromatic carbocycles. The zero-order valence-corrected chi connectivity index (χ0v) is 10.7. The van der Waals surface area contributed by atoms with Gasteiger partial charge in [-0.3, -0.25) is 4.79 Å². The summed E-state index contributed by atoms with van der Waals surface area (Å²) in [7, 11) is 0. The molecule has 0 saturated carbocycles. The van der Waals surface area contributed by atoms with E-state index in [4.69, 9.17) is 15.2 Å². The third kappa shape index (κ3) is 5.02. The van der Waals surface area contributed by atoms with E-state index in [-0.39, 0.29) is 11.4 Å². The van der Waals surface area contributed by atoms with Crippen LogP contribution in [-0.2, 0) is 14.3 Å². The highest BCUT2D eigenvalue weighted by Crippen LogP contribution is 2.19. The van der Waals surface area contributed by atoms with Crippen LogP contribution in [0, 0.1) is 0 Å². The first-order valence-corrected chi connectivity index (χ1v) is 6.39. The van der Waals surface area contributed by atoms with Gasteiger partial charge >= 0.3 is 0 Å². The van der Waals surface area contributed by atoms with E-state index in [0.717, 1.165) is 19.3 Å². The standard InChI is InChI=1S/C12H24N2O3/c1-2-16-7-3-4-11(15)14-12(10-13)5-8-17-9-6-12/h2-10,13H2,1H3,(H,14,15). The Balaban J connectivity index is 2.27. The second-order valence-corrected chi connectivity index (χ2v) is 4.45. The van der Waals surface area contributed by atoms with Gasteiger partial charge in [-0.2, -0.15) is 0 Å². The topological polar surface area (TPSA) is 73.6 Å². The van der Waals surface area contributed by atoms with E-state index < -0.39 is 0 Å². The minimum atomic E-state index is -0.249. The van der Waals surface area contributed by atoms with Crippen LogP contribution in [0.15, 0.2) is 0 Å². The minimum Gasteiger partial charge on any atom is -0.382 e. The Kier molecular flexibility index (Phi) is 6.47. The number of ether oxygens (including phenoxy) is 2. The fourth-order valence-corrected chi connectivity index (χ4v) is 1.98. The Hall–Kier alpha value is -0.650. The maximum Gasteiger partial charge on any atom is 0.220 e. The largest absolute Gasteiger partial charge is 0.382 e. The van der Waals surface area contributed by atoms with Gasteiger partial charge in [0.05, 0.1) is 5.54 Å². The average Bonchev–Trinajstić information content (AvgIpc) is 2.36. The Labute approximate surface area is 103 Å². The summed E-state index contributed by atoms with van der Waals surface area (Å²) < 4.78 is 10.5. The van der Waals surface area contributed by atoms with Crippen LogP contribution in [0.4, 0.5) is 0 Å². The molecule has 1 amide bonds. The summed E-state index contributed by atoms with van der Waals surface area (Å²) in [6.07, 6.45) is 2.88. The highest BCUT2D eigenvalue weighted by Gasteiger charge is 2.32. The van der Waals surface area contributed by atoms with Crippen LogP contribution in [0.1, 0.15) is 32.6 Å². The number of carbonyl (C=O) groups excluding carboxylic acids is 1. The molecule has 100 valence electrons. The molecule has 3 N–H and O–H groups in total. The first kappa shape index (κ1) is 14.4. The third-order valence-electron chi connectivity index (χ3n) is 3.14. The summed E-state index contributed by atoms with van der Waals surface area (Å²) in [5.41, 5.74) is 5.52. The van der Waals surface area contributed by atoms with E-state index in [1.165, 1.54) is 0 Å². The van der Waals surface area contributed by atoms with Crippen LogP contribution < -0.4 is 11.1 Å². The summed E-state index contributed by atoms with van der Waals surface area (Å²) >= 11 is 0. The number of hydrogen-bond donors (Lipinski definition) is 2. The van der Waals surface area contributed by atoms with E-state index in [1.807, 2.05) is 6.92 Å². The van der Waals surface area contributed by atoms with Crippen LogP contribution in [0.25, 0.3) is 0 Å². The van der Waals surface area contributed by atoms with Crippen LogP contribution in [-0.4, -0.2) is 44.4 Å². The molecule has 0 bridgehead atoms. The minimum absolute atomic E-state index is 0.0667. The molecule has 0 aromatic rings. The Morgan fingerprint density at radius 3 is 2.76 bits per heavy atom. The molecular weight excluding hydrogens is 220 g/mol. The van der Waals surface area contributed by atoms with Gasteiger partial charge in [0.15, 0.2) is 0 Å². The predicted octanol–water partition coefficient (Wildman–Crippen LogP) is 0.427. The fourth-order valence-electron chi connectivity index (χ4n) is 1.98. The molecule has 17 heavy (non-hydrogen) atoms. The molecule has 1 heterocycles. The summed E-state index contributed by atoms with van der Waals surface area (Å²) in [5, 5.41) is 3.06. The lowest BCUT2D eigenvalue weighted by molar-refractivity contribution is -0.124. The highest BCUT2D eigenvalue weighted by atomic mass is 16.5. The zero-order chi connectivity index (χ0) is 12.6. The third-order valence-corrected chi connectivity index (χ3v) is 3.14. The summed E-state index contributed by atoms with van der Waals surface area (Å²) in [4.78, 5) is 11.8. The second-order valence-electron chi connectivity index (χ2n) is 4.45. The van der Waals surface area contributed by atoms with Crippen molar-refractivity contribution in [3.8, 4) is 0 Å². The molecule has 1 aliphatic rings. The maximum atomic E-state index is 11.8. The summed E-state index contributed by atoms with van der Waals surface area (Å²) in [6, 6.07) is 0. The van der Waals surface area contributed by atoms with Gasteiger partial charge in [0.25, 0.3) is 0 Å². The molecule has 5 heteroatoms. The lowest BCUT2D eigenvalue weighted by atomic mass is 9.90. The van der Waals surface area contributed by atoms with Crippen molar-refractivity contribution in [2.45, 2.75) is 38.1 Å². The van der Waals surface area contributed by atoms with Crippen molar-refractivity contribution >= 4 is 5.91 Å². The fraction of sp³-hybridized carbons (Fsp3) is 0.917. The molecule has 0 aliphatic carbocycles. The molecule has 1 rings (SSSR count). The molecule has 1 fully saturated rings. The van der Waals surface area contributed by atoms with Gasteiger partial charge in [-0.25, -0.2) is 0 Å². The van der Waals surface area contributed by atoms with Crippen LogP contribution in [0.3, 0.4) is 0 Å². The monoisotopic (exact) mass is 244 g/mol. The first-order valence-electron chi connectivity index (χ1n) is 6.39. The molecule has 0 spiro atoms. The Morgan fingerprint density at radius 2 is 2.18 bits per heavy atom. The first-order chi connectivity index (χ1) is 8.22. The van der Waals surface area contributed by atoms with Crippen molar-refractivity contribution < 1.29 is 14.3 Å². The molecule has 0 aromatic heterocycles. The predicted molar refractivity (Wildman–Crippen MR) is 65.7 cm³/mol. The number of nitrogens with two attached hydrogens (primary N) is 1. The van der Waals surface area contributed by atoms with Crippen LogP contribution >= 0.6 is 0 Å². The van der Waals surface area contributed by atoms with Crippen LogP contribution in [0.5, 0.6) is 0 Å². The van der Waals surface area contributed by atoms with Gasteiger partial charge in [0, 0.05) is 39.4 Å². The van der Waals surface area contributed by atoms with Gasteiger partial charge in [0.2, 0.25) is 5.91 Å². The van der Waals surface area contributed by atoms with Gasteiger partial charge < -0.3 is 20.5 Å². The van der Waals surface area contributed by atoms with Crippen molar-refractivity contribution in [1.29, 1.82) is 0 Å². The van der Waals surface area contributed by atoms with Gasteiger partial charge in [-0.15, -0.1) is 0 Å². The number of amides is 1. The smallest absolute Gasteiger partial charge is 0.220 e. The summed E-state index contributed by atoms with van der Waals surface area (Å²) in [5.74, 6) is 0.0667. The average molecular weight is 244 g/mol. The van der Waals surface area contributed by atoms with Crippen molar-refractivity contribution in [3.63, 3.8) is 0 Å². The quantitative estimate of drug-likeness (QED) is 0.637. The lowest BCUT2D eigenvalue weighted by Crippen LogP contribution is -2.56. The summed E-state index contributed by atoms with van der Waals surface area (Å²) in [6.45, 7) is 5.13. The van der Waals surface area contributed by atoms with E-state index in [2.05, 4.69) is 5.32 Å². The molecular formula is C12H24N2O3. The lowest BCUT2D eigenvalue weighted by Gasteiger charge is -2.37. The Morgan fingerprint density at radius 1 is 1.47 bits per heavy atom. The molecule has 1 aliphatic heterocycles. The number of nitrogens with one attached hydrogen (secondary N) is 1. The van der Waals surface area contributed by atoms with E-state index in [0.29, 0.717) is 39.4 Å². The normalized spacial score (nSPS) is 18.9. The van der Waals surface area contributed by atoms with E-state index in [1.54, 1.807) is 0 Å². The van der Waals surface area contributed by atoms with Crippen molar-refractivity contribution in [2.24, 2.45) is 5.73 Å². The molecule has 5 nitrogen and oxygen atoms in total. The molecule has 0 atom stereocenters. The van der Waals surface area contributed by atoms with E-state index in [9.17, 15) is 4.79 Å². The number of hydrogen-bond acceptors (Lipinski definition) is 4.